The highest BCUT2D eigenvalue weighted by atomic mass is 19.2. The molecule has 1 aromatic rings. The molecule has 0 saturated heterocycles. The first-order valence-electron chi connectivity index (χ1n) is 14.6. The predicted molar refractivity (Wildman–Crippen MR) is 143 cm³/mol. The van der Waals surface area contributed by atoms with E-state index in [2.05, 4.69) is 17.6 Å². The second-order valence-corrected chi connectivity index (χ2v) is 11.0. The number of carbonyl (C=O) groups excluding carboxylic acids is 2. The van der Waals surface area contributed by atoms with Gasteiger partial charge in [0.15, 0.2) is 23.3 Å². The summed E-state index contributed by atoms with van der Waals surface area (Å²) in [5, 5.41) is 14.2. The van der Waals surface area contributed by atoms with E-state index >= 15 is 0 Å². The van der Waals surface area contributed by atoms with Crippen LogP contribution in [0.15, 0.2) is 0 Å². The van der Waals surface area contributed by atoms with Gasteiger partial charge in [-0.1, -0.05) is 84.0 Å². The zero-order valence-corrected chi connectivity index (χ0v) is 23.6. The Morgan fingerprint density at radius 1 is 0.780 bits per heavy atom. The van der Waals surface area contributed by atoms with E-state index in [-0.39, 0.29) is 18.8 Å². The highest BCUT2D eigenvalue weighted by Crippen LogP contribution is 2.28. The number of hydrogen-bond donors (Lipinski definition) is 4. The van der Waals surface area contributed by atoms with Crippen molar-refractivity contribution in [2.75, 3.05) is 0 Å². The predicted octanol–water partition coefficient (Wildman–Crippen LogP) is 5.42. The van der Waals surface area contributed by atoms with Crippen LogP contribution >= 0.6 is 0 Å². The van der Waals surface area contributed by atoms with Crippen LogP contribution < -0.4 is 16.4 Å². The number of hydrogen-bond acceptors (Lipinski definition) is 4. The van der Waals surface area contributed by atoms with E-state index < -0.39 is 77.0 Å². The molecule has 1 fully saturated rings. The lowest BCUT2D eigenvalue weighted by atomic mass is 9.84. The van der Waals surface area contributed by atoms with Crippen molar-refractivity contribution in [3.8, 4) is 0 Å². The molecule has 1 unspecified atom stereocenters. The summed E-state index contributed by atoms with van der Waals surface area (Å²) in [6, 6.07) is -4.32. The summed E-state index contributed by atoms with van der Waals surface area (Å²) in [6.45, 7) is 2.11. The third-order valence-electron chi connectivity index (χ3n) is 7.71. The fourth-order valence-electron chi connectivity index (χ4n) is 5.22. The molecule has 1 aliphatic carbocycles. The molecule has 12 heteroatoms. The molecule has 2 amide bonds. The van der Waals surface area contributed by atoms with Crippen molar-refractivity contribution >= 4 is 17.8 Å². The van der Waals surface area contributed by atoms with E-state index in [0.717, 1.165) is 70.6 Å². The highest BCUT2D eigenvalue weighted by molar-refractivity contribution is 5.92. The molecule has 0 heterocycles. The van der Waals surface area contributed by atoms with Gasteiger partial charge in [-0.3, -0.25) is 9.59 Å². The Balaban J connectivity index is 2.18. The third-order valence-corrected chi connectivity index (χ3v) is 7.71. The van der Waals surface area contributed by atoms with E-state index in [1.54, 1.807) is 0 Å². The first-order valence-corrected chi connectivity index (χ1v) is 14.6. The maximum absolute atomic E-state index is 14.5. The molecule has 1 aromatic carbocycles. The lowest BCUT2D eigenvalue weighted by Gasteiger charge is -2.27. The Hall–Kier alpha value is -2.76. The van der Waals surface area contributed by atoms with E-state index in [4.69, 9.17) is 5.73 Å². The van der Waals surface area contributed by atoms with Gasteiger partial charge in [-0.2, -0.15) is 0 Å². The minimum atomic E-state index is -2.36. The van der Waals surface area contributed by atoms with Crippen molar-refractivity contribution in [2.45, 2.75) is 121 Å². The number of aliphatic carboxylic acids is 1. The van der Waals surface area contributed by atoms with Gasteiger partial charge in [-0.25, -0.2) is 26.7 Å². The molecule has 0 radical (unpaired) electrons. The molecule has 3 atom stereocenters. The van der Waals surface area contributed by atoms with Crippen LogP contribution in [0.2, 0.25) is 0 Å². The molecular weight excluding hydrogens is 549 g/mol. The molecule has 2 rings (SSSR count). The van der Waals surface area contributed by atoms with Gasteiger partial charge in [0.2, 0.25) is 17.6 Å². The summed E-state index contributed by atoms with van der Waals surface area (Å²) in [4.78, 5) is 37.9. The molecule has 1 saturated carbocycles. The summed E-state index contributed by atoms with van der Waals surface area (Å²) in [7, 11) is 0. The maximum Gasteiger partial charge on any atom is 0.326 e. The number of carboxylic acid groups (broad SMARTS) is 1. The molecule has 1 aliphatic rings. The molecule has 0 aromatic heterocycles. The van der Waals surface area contributed by atoms with Crippen molar-refractivity contribution in [3.63, 3.8) is 0 Å². The van der Waals surface area contributed by atoms with E-state index in [1.165, 1.54) is 0 Å². The number of carboxylic acids is 1. The van der Waals surface area contributed by atoms with Gasteiger partial charge in [0.05, 0.1) is 6.04 Å². The van der Waals surface area contributed by atoms with Crippen LogP contribution in [0.4, 0.5) is 22.0 Å². The summed E-state index contributed by atoms with van der Waals surface area (Å²) in [5.74, 6) is -14.3. The van der Waals surface area contributed by atoms with Crippen LogP contribution in [-0.2, 0) is 20.8 Å². The quantitative estimate of drug-likeness (QED) is 0.0835. The number of nitrogens with two attached hydrogens (primary N) is 1. The smallest absolute Gasteiger partial charge is 0.326 e. The SMILES string of the molecule is CCCCCCCCCC(N)C(=O)N[C@H](Cc1c(F)c(F)c(F)c(F)c1F)C(=O)N[C@H](CC1CCCCC1)C(=O)O. The normalized spacial score (nSPS) is 16.2. The number of amides is 2. The Kier molecular flexibility index (Phi) is 14.5. The lowest BCUT2D eigenvalue weighted by molar-refractivity contribution is -0.142. The number of rotatable bonds is 17. The number of carbonyl (C=O) groups is 3. The lowest BCUT2D eigenvalue weighted by Crippen LogP contribution is -2.55. The Labute approximate surface area is 237 Å². The standard InChI is InChI=1S/C29H42F5N3O4/c1-2-3-4-5-6-7-11-14-19(35)27(38)36-20(16-18-22(30)24(32)26(34)25(33)23(18)31)28(39)37-21(29(40)41)15-17-12-9-8-10-13-17/h17,19-21H,2-16,35H2,1H3,(H,36,38)(H,37,39)(H,40,41)/t19?,20-,21-/m1/s1. The van der Waals surface area contributed by atoms with Crippen molar-refractivity contribution in [1.29, 1.82) is 0 Å². The molecular formula is C29H42F5N3O4. The fourth-order valence-corrected chi connectivity index (χ4v) is 5.22. The van der Waals surface area contributed by atoms with Crippen LogP contribution in [0.25, 0.3) is 0 Å². The molecule has 0 aliphatic heterocycles. The number of unbranched alkanes of at least 4 members (excludes halogenated alkanes) is 6. The monoisotopic (exact) mass is 591 g/mol. The van der Waals surface area contributed by atoms with Crippen LogP contribution in [0, 0.1) is 35.0 Å². The van der Waals surface area contributed by atoms with Gasteiger partial charge < -0.3 is 21.5 Å². The third kappa shape index (κ3) is 10.5. The molecule has 0 spiro atoms. The van der Waals surface area contributed by atoms with Gasteiger partial charge >= 0.3 is 5.97 Å². The molecule has 0 bridgehead atoms. The van der Waals surface area contributed by atoms with E-state index in [0.29, 0.717) is 6.42 Å². The minimum Gasteiger partial charge on any atom is -0.480 e. The topological polar surface area (TPSA) is 122 Å². The second-order valence-electron chi connectivity index (χ2n) is 11.0. The zero-order chi connectivity index (χ0) is 30.5. The summed E-state index contributed by atoms with van der Waals surface area (Å²) >= 11 is 0. The number of nitrogens with one attached hydrogen (secondary N) is 2. The number of benzene rings is 1. The summed E-state index contributed by atoms with van der Waals surface area (Å²) in [5.41, 5.74) is 4.66. The van der Waals surface area contributed by atoms with Gasteiger partial charge in [0.25, 0.3) is 0 Å². The van der Waals surface area contributed by atoms with Crippen molar-refractivity contribution in [2.24, 2.45) is 11.7 Å². The van der Waals surface area contributed by atoms with Gasteiger partial charge in [0, 0.05) is 12.0 Å². The molecule has 5 N–H and O–H groups in total. The van der Waals surface area contributed by atoms with Crippen molar-refractivity contribution < 1.29 is 41.4 Å². The van der Waals surface area contributed by atoms with Crippen molar-refractivity contribution in [1.82, 2.24) is 10.6 Å². The van der Waals surface area contributed by atoms with Crippen LogP contribution in [0.5, 0.6) is 0 Å². The highest BCUT2D eigenvalue weighted by Gasteiger charge is 2.33. The second kappa shape index (κ2) is 17.3. The van der Waals surface area contributed by atoms with E-state index in [1.807, 2.05) is 0 Å². The summed E-state index contributed by atoms with van der Waals surface area (Å²) < 4.78 is 70.2. The van der Waals surface area contributed by atoms with Gasteiger partial charge in [0.1, 0.15) is 12.1 Å². The van der Waals surface area contributed by atoms with Crippen LogP contribution in [-0.4, -0.2) is 41.0 Å². The average Bonchev–Trinajstić information content (AvgIpc) is 2.95. The summed E-state index contributed by atoms with van der Waals surface area (Å²) in [6.07, 6.45) is 10.4. The Morgan fingerprint density at radius 2 is 1.29 bits per heavy atom. The molecule has 7 nitrogen and oxygen atoms in total. The van der Waals surface area contributed by atoms with Gasteiger partial charge in [-0.15, -0.1) is 0 Å². The Bertz CT molecular complexity index is 1010. The van der Waals surface area contributed by atoms with Crippen molar-refractivity contribution in [3.05, 3.63) is 34.6 Å². The largest absolute Gasteiger partial charge is 0.480 e. The first kappa shape index (κ1) is 34.4. The van der Waals surface area contributed by atoms with Crippen LogP contribution in [0.1, 0.15) is 102 Å². The fraction of sp³-hybridized carbons (Fsp3) is 0.690. The average molecular weight is 592 g/mol. The molecule has 232 valence electrons. The molecule has 41 heavy (non-hydrogen) atoms. The Morgan fingerprint density at radius 3 is 1.85 bits per heavy atom. The zero-order valence-electron chi connectivity index (χ0n) is 23.6. The number of halogens is 5. The minimum absolute atomic E-state index is 0.0313. The maximum atomic E-state index is 14.5. The van der Waals surface area contributed by atoms with Gasteiger partial charge in [-0.05, 0) is 18.8 Å². The van der Waals surface area contributed by atoms with E-state index in [9.17, 15) is 41.4 Å². The first-order chi connectivity index (χ1) is 19.5. The van der Waals surface area contributed by atoms with Crippen LogP contribution in [0.3, 0.4) is 0 Å².